The van der Waals surface area contributed by atoms with E-state index in [-0.39, 0.29) is 37.2 Å². The van der Waals surface area contributed by atoms with Gasteiger partial charge in [-0.1, -0.05) is 6.07 Å². The number of alkyl halides is 2. The van der Waals surface area contributed by atoms with Crippen molar-refractivity contribution in [3.8, 4) is 0 Å². The van der Waals surface area contributed by atoms with Crippen LogP contribution in [0.3, 0.4) is 0 Å². The number of aliphatic hydroxyl groups is 1. The van der Waals surface area contributed by atoms with Crippen LogP contribution in [0.5, 0.6) is 0 Å². The Bertz CT molecular complexity index is 1070. The van der Waals surface area contributed by atoms with E-state index in [1.807, 2.05) is 0 Å². The maximum atomic E-state index is 14.0. The summed E-state index contributed by atoms with van der Waals surface area (Å²) >= 11 is 1.16. The molecule has 2 aromatic heterocycles. The van der Waals surface area contributed by atoms with Crippen LogP contribution in [0.25, 0.3) is 0 Å². The van der Waals surface area contributed by atoms with E-state index in [1.165, 1.54) is 12.7 Å². The number of amides is 1. The number of fused-ring (bicyclic) bond motifs is 3. The number of carbonyl (C=O) groups excluding carboxylic acids is 2. The molecule has 2 N–H and O–H groups in total. The third-order valence-electron chi connectivity index (χ3n) is 7.73. The Morgan fingerprint density at radius 2 is 2.00 bits per heavy atom. The minimum absolute atomic E-state index is 0.0435. The number of quaternary nitrogens is 1. The first kappa shape index (κ1) is 24.1. The Morgan fingerprint density at radius 1 is 1.26 bits per heavy atom. The smallest absolute Gasteiger partial charge is 0.344 e. The Labute approximate surface area is 205 Å². The zero-order valence-corrected chi connectivity index (χ0v) is 19.9. The Kier molecular flexibility index (Phi) is 6.30. The second-order valence-electron chi connectivity index (χ2n) is 9.96. The van der Waals surface area contributed by atoms with Gasteiger partial charge in [-0.25, -0.2) is 28.5 Å². The molecule has 3 aliphatic heterocycles. The third kappa shape index (κ3) is 4.78. The second-order valence-corrected chi connectivity index (χ2v) is 10.9. The van der Waals surface area contributed by atoms with Gasteiger partial charge in [-0.05, 0) is 17.9 Å². The summed E-state index contributed by atoms with van der Waals surface area (Å²) in [5.41, 5.74) is -2.11. The predicted octanol–water partition coefficient (Wildman–Crippen LogP) is 2.35. The molecular weight excluding hydrogens is 480 g/mol. The molecule has 3 atom stereocenters. The number of ether oxygens (including phenoxy) is 1. The van der Waals surface area contributed by atoms with Gasteiger partial charge in [0.05, 0.1) is 13.1 Å². The number of thiophene rings is 1. The number of hydrogen-bond acceptors (Lipinski definition) is 8. The largest absolute Gasteiger partial charge is 0.454 e. The number of nitrogens with one attached hydrogen (secondary N) is 1. The van der Waals surface area contributed by atoms with Gasteiger partial charge in [0.1, 0.15) is 19.2 Å². The van der Waals surface area contributed by atoms with E-state index >= 15 is 0 Å². The van der Waals surface area contributed by atoms with Crippen LogP contribution < -0.4 is 5.32 Å². The SMILES string of the molecule is O=C(C[N+]12CCC(CC1)[C@@H](OC(=O)C(O)(c1cccs1)C1CCC(F)(F)C1)C2)Nc1ncncn1. The van der Waals surface area contributed by atoms with Gasteiger partial charge in [-0.15, -0.1) is 11.3 Å². The average molecular weight is 509 g/mol. The quantitative estimate of drug-likeness (QED) is 0.436. The first-order valence-corrected chi connectivity index (χ1v) is 12.7. The summed E-state index contributed by atoms with van der Waals surface area (Å²) < 4.78 is 34.4. The fourth-order valence-electron chi connectivity index (χ4n) is 5.85. The van der Waals surface area contributed by atoms with Crippen LogP contribution in [0.2, 0.25) is 0 Å². The number of esters is 1. The number of rotatable bonds is 7. The van der Waals surface area contributed by atoms with Gasteiger partial charge in [0, 0.05) is 42.4 Å². The molecule has 3 saturated heterocycles. The summed E-state index contributed by atoms with van der Waals surface area (Å²) in [4.78, 5) is 38.0. The monoisotopic (exact) mass is 508 g/mol. The topological polar surface area (TPSA) is 114 Å². The lowest BCUT2D eigenvalue weighted by molar-refractivity contribution is -0.939. The van der Waals surface area contributed by atoms with E-state index < -0.39 is 35.9 Å². The Balaban J connectivity index is 1.30. The number of anilines is 1. The summed E-state index contributed by atoms with van der Waals surface area (Å²) in [5, 5.41) is 15.9. The van der Waals surface area contributed by atoms with Gasteiger partial charge >= 0.3 is 5.97 Å². The fraction of sp³-hybridized carbons (Fsp3) is 0.609. The highest BCUT2D eigenvalue weighted by atomic mass is 32.1. The number of halogens is 2. The molecule has 188 valence electrons. The molecule has 0 aromatic carbocycles. The number of piperidine rings is 3. The molecule has 2 bridgehead atoms. The van der Waals surface area contributed by atoms with Gasteiger partial charge < -0.3 is 14.3 Å². The molecule has 2 aromatic rings. The third-order valence-corrected chi connectivity index (χ3v) is 8.72. The maximum absolute atomic E-state index is 14.0. The molecule has 6 rings (SSSR count). The standard InChI is InChI=1S/C23H27F2N5O4S/c24-22(25)6-3-16(10-22)23(33,18-2-1-9-35-18)20(32)34-17-11-30(7-4-15(17)5-8-30)12-19(31)29-21-27-13-26-14-28-21/h1-2,9,13-17,33H,3-8,10-12H2/p+1/t15?,16?,17-,23?,30?/m0/s1. The van der Waals surface area contributed by atoms with Gasteiger partial charge in [0.2, 0.25) is 11.9 Å². The number of nitrogens with zero attached hydrogens (tertiary/aromatic N) is 4. The lowest BCUT2D eigenvalue weighted by Crippen LogP contribution is -2.66. The molecular formula is C23H28F2N5O4S+. The van der Waals surface area contributed by atoms with Gasteiger partial charge in [0.25, 0.3) is 5.91 Å². The zero-order valence-electron chi connectivity index (χ0n) is 19.1. The average Bonchev–Trinajstić information content (AvgIpc) is 3.50. The summed E-state index contributed by atoms with van der Waals surface area (Å²) in [6.45, 7) is 2.15. The van der Waals surface area contributed by atoms with Crippen molar-refractivity contribution in [3.05, 3.63) is 35.0 Å². The van der Waals surface area contributed by atoms with Gasteiger partial charge in [0.15, 0.2) is 18.2 Å². The van der Waals surface area contributed by atoms with Crippen molar-refractivity contribution in [2.45, 2.75) is 49.7 Å². The lowest BCUT2D eigenvalue weighted by atomic mass is 9.82. The molecule has 4 fully saturated rings. The van der Waals surface area contributed by atoms with Crippen LogP contribution >= 0.6 is 11.3 Å². The molecule has 12 heteroatoms. The van der Waals surface area contributed by atoms with Crippen molar-refractivity contribution in [1.82, 2.24) is 15.0 Å². The van der Waals surface area contributed by atoms with Crippen molar-refractivity contribution in [3.63, 3.8) is 0 Å². The molecule has 1 saturated carbocycles. The van der Waals surface area contributed by atoms with Gasteiger partial charge in [-0.3, -0.25) is 10.1 Å². The Morgan fingerprint density at radius 3 is 2.63 bits per heavy atom. The van der Waals surface area contributed by atoms with Crippen LogP contribution in [0, 0.1) is 11.8 Å². The maximum Gasteiger partial charge on any atom is 0.344 e. The van der Waals surface area contributed by atoms with E-state index in [2.05, 4.69) is 20.3 Å². The molecule has 1 aliphatic carbocycles. The highest BCUT2D eigenvalue weighted by Gasteiger charge is 2.57. The molecule has 0 radical (unpaired) electrons. The first-order chi connectivity index (χ1) is 16.7. The van der Waals surface area contributed by atoms with E-state index in [1.54, 1.807) is 17.5 Å². The minimum atomic E-state index is -2.91. The summed E-state index contributed by atoms with van der Waals surface area (Å²) in [6.07, 6.45) is 2.78. The highest BCUT2D eigenvalue weighted by molar-refractivity contribution is 7.10. The Hall–Kier alpha value is -2.57. The predicted molar refractivity (Wildman–Crippen MR) is 121 cm³/mol. The minimum Gasteiger partial charge on any atom is -0.454 e. The van der Waals surface area contributed by atoms with E-state index in [0.717, 1.165) is 37.3 Å². The zero-order chi connectivity index (χ0) is 24.7. The molecule has 0 spiro atoms. The molecule has 1 amide bonds. The number of carbonyl (C=O) groups is 2. The van der Waals surface area contributed by atoms with E-state index in [4.69, 9.17) is 4.74 Å². The van der Waals surface area contributed by atoms with Crippen LogP contribution in [-0.4, -0.2) is 74.6 Å². The summed E-state index contributed by atoms with van der Waals surface area (Å²) in [6, 6.07) is 3.28. The van der Waals surface area contributed by atoms with Crippen molar-refractivity contribution >= 4 is 29.2 Å². The van der Waals surface area contributed by atoms with Gasteiger partial charge in [-0.2, -0.15) is 0 Å². The number of hydrogen-bond donors (Lipinski definition) is 2. The lowest BCUT2D eigenvalue weighted by Gasteiger charge is -2.51. The number of aromatic nitrogens is 3. The van der Waals surface area contributed by atoms with Crippen LogP contribution in [0.15, 0.2) is 30.2 Å². The van der Waals surface area contributed by atoms with E-state index in [9.17, 15) is 23.5 Å². The molecule has 2 unspecified atom stereocenters. The molecule has 4 aliphatic rings. The van der Waals surface area contributed by atoms with Crippen LogP contribution in [-0.2, 0) is 19.9 Å². The van der Waals surface area contributed by atoms with Crippen molar-refractivity contribution in [2.24, 2.45) is 11.8 Å². The normalized spacial score (nSPS) is 31.0. The van der Waals surface area contributed by atoms with Crippen molar-refractivity contribution < 1.29 is 32.7 Å². The van der Waals surface area contributed by atoms with Crippen LogP contribution in [0.1, 0.15) is 37.0 Å². The highest BCUT2D eigenvalue weighted by Crippen LogP contribution is 2.49. The molecule has 35 heavy (non-hydrogen) atoms. The fourth-order valence-corrected chi connectivity index (χ4v) is 6.74. The first-order valence-electron chi connectivity index (χ1n) is 11.8. The van der Waals surface area contributed by atoms with Crippen molar-refractivity contribution in [1.29, 1.82) is 0 Å². The van der Waals surface area contributed by atoms with Crippen molar-refractivity contribution in [2.75, 3.05) is 31.5 Å². The summed E-state index contributed by atoms with van der Waals surface area (Å²) in [7, 11) is 0. The van der Waals surface area contributed by atoms with E-state index in [0.29, 0.717) is 15.9 Å². The second kappa shape index (κ2) is 9.14. The summed E-state index contributed by atoms with van der Waals surface area (Å²) in [5.74, 6) is -4.65. The molecule has 5 heterocycles. The molecule has 9 nitrogen and oxygen atoms in total. The van der Waals surface area contributed by atoms with Crippen LogP contribution in [0.4, 0.5) is 14.7 Å².